The summed E-state index contributed by atoms with van der Waals surface area (Å²) in [5, 5.41) is 0. The number of ether oxygens (including phenoxy) is 1. The summed E-state index contributed by atoms with van der Waals surface area (Å²) < 4.78 is 7.10. The Bertz CT molecular complexity index is 299. The van der Waals surface area contributed by atoms with Crippen LogP contribution in [-0.4, -0.2) is 6.10 Å². The first kappa shape index (κ1) is 12.1. The summed E-state index contributed by atoms with van der Waals surface area (Å²) in [7, 11) is 0. The molecular weight excluding hydrogens is 264 g/mol. The zero-order valence-corrected chi connectivity index (χ0v) is 11.2. The van der Waals surface area contributed by atoms with Gasteiger partial charge in [0.25, 0.3) is 0 Å². The van der Waals surface area contributed by atoms with Gasteiger partial charge in [0.1, 0.15) is 0 Å². The van der Waals surface area contributed by atoms with Crippen molar-refractivity contribution >= 4 is 15.9 Å². The van der Waals surface area contributed by atoms with Gasteiger partial charge < -0.3 is 4.74 Å². The molecule has 16 heavy (non-hydrogen) atoms. The smallest absolute Gasteiger partial charge is 0.0720 e. The van der Waals surface area contributed by atoms with Crippen LogP contribution in [0.1, 0.15) is 44.1 Å². The van der Waals surface area contributed by atoms with Crippen LogP contribution < -0.4 is 0 Å². The molecule has 0 amide bonds. The maximum Gasteiger partial charge on any atom is 0.0720 e. The van der Waals surface area contributed by atoms with Crippen LogP contribution in [0.4, 0.5) is 0 Å². The molecule has 0 heterocycles. The van der Waals surface area contributed by atoms with Crippen LogP contribution in [0.25, 0.3) is 0 Å². The predicted molar refractivity (Wildman–Crippen MR) is 70.4 cm³/mol. The van der Waals surface area contributed by atoms with Gasteiger partial charge in [-0.15, -0.1) is 0 Å². The van der Waals surface area contributed by atoms with Crippen molar-refractivity contribution in [3.63, 3.8) is 0 Å². The second kappa shape index (κ2) is 6.41. The second-order valence-corrected chi connectivity index (χ2v) is 5.47. The maximum absolute atomic E-state index is 5.97. The van der Waals surface area contributed by atoms with E-state index in [1.807, 2.05) is 0 Å². The van der Waals surface area contributed by atoms with Crippen molar-refractivity contribution in [1.82, 2.24) is 0 Å². The molecule has 0 aliphatic heterocycles. The van der Waals surface area contributed by atoms with Crippen LogP contribution in [0.15, 0.2) is 28.7 Å². The molecule has 88 valence electrons. The molecule has 0 spiro atoms. The minimum atomic E-state index is 0.492. The van der Waals surface area contributed by atoms with Crippen molar-refractivity contribution in [2.75, 3.05) is 0 Å². The van der Waals surface area contributed by atoms with Gasteiger partial charge >= 0.3 is 0 Å². The number of hydrogen-bond acceptors (Lipinski definition) is 1. The molecule has 1 aliphatic carbocycles. The lowest BCUT2D eigenvalue weighted by Crippen LogP contribution is -2.11. The summed E-state index contributed by atoms with van der Waals surface area (Å²) in [6, 6.07) is 8.40. The highest BCUT2D eigenvalue weighted by molar-refractivity contribution is 9.10. The molecule has 1 aliphatic rings. The maximum atomic E-state index is 5.97. The van der Waals surface area contributed by atoms with Crippen molar-refractivity contribution in [1.29, 1.82) is 0 Å². The largest absolute Gasteiger partial charge is 0.374 e. The zero-order chi connectivity index (χ0) is 11.2. The first-order valence-corrected chi connectivity index (χ1v) is 7.00. The minimum Gasteiger partial charge on any atom is -0.374 e. The van der Waals surface area contributed by atoms with Crippen LogP contribution >= 0.6 is 15.9 Å². The Morgan fingerprint density at radius 2 is 1.62 bits per heavy atom. The highest BCUT2D eigenvalue weighted by Gasteiger charge is 2.12. The van der Waals surface area contributed by atoms with Crippen LogP contribution in [-0.2, 0) is 11.3 Å². The van der Waals surface area contributed by atoms with Crippen LogP contribution in [0, 0.1) is 0 Å². The molecule has 2 rings (SSSR count). The first-order valence-electron chi connectivity index (χ1n) is 6.20. The van der Waals surface area contributed by atoms with Gasteiger partial charge in [0.05, 0.1) is 12.7 Å². The van der Waals surface area contributed by atoms with Gasteiger partial charge in [0.15, 0.2) is 0 Å². The Morgan fingerprint density at radius 1 is 1.00 bits per heavy atom. The standard InChI is InChI=1S/C14H19BrO/c15-13-9-7-12(8-10-13)11-16-14-5-3-1-2-4-6-14/h7-10,14H,1-6,11H2. The van der Waals surface area contributed by atoms with E-state index < -0.39 is 0 Å². The lowest BCUT2D eigenvalue weighted by Gasteiger charge is -2.15. The van der Waals surface area contributed by atoms with Gasteiger partial charge in [0.2, 0.25) is 0 Å². The van der Waals surface area contributed by atoms with Gasteiger partial charge in [-0.25, -0.2) is 0 Å². The Kier molecular flexibility index (Phi) is 4.86. The molecule has 2 heteroatoms. The molecule has 1 aromatic carbocycles. The highest BCUT2D eigenvalue weighted by atomic mass is 79.9. The van der Waals surface area contributed by atoms with Crippen molar-refractivity contribution < 1.29 is 4.74 Å². The third-order valence-corrected chi connectivity index (χ3v) is 3.73. The van der Waals surface area contributed by atoms with E-state index in [0.717, 1.165) is 11.1 Å². The van der Waals surface area contributed by atoms with Crippen LogP contribution in [0.3, 0.4) is 0 Å². The molecule has 0 unspecified atom stereocenters. The molecule has 1 saturated carbocycles. The molecule has 1 nitrogen and oxygen atoms in total. The van der Waals surface area contributed by atoms with Gasteiger partial charge in [-0.05, 0) is 30.5 Å². The monoisotopic (exact) mass is 282 g/mol. The average Bonchev–Trinajstić information content (AvgIpc) is 2.57. The van der Waals surface area contributed by atoms with Gasteiger partial charge in [-0.2, -0.15) is 0 Å². The minimum absolute atomic E-state index is 0.492. The van der Waals surface area contributed by atoms with E-state index in [9.17, 15) is 0 Å². The molecule has 0 saturated heterocycles. The Hall–Kier alpha value is -0.340. The van der Waals surface area contributed by atoms with E-state index in [0.29, 0.717) is 6.10 Å². The normalized spacial score (nSPS) is 18.3. The van der Waals surface area contributed by atoms with Crippen LogP contribution in [0.5, 0.6) is 0 Å². The van der Waals surface area contributed by atoms with Gasteiger partial charge in [0, 0.05) is 4.47 Å². The van der Waals surface area contributed by atoms with Crippen molar-refractivity contribution in [3.8, 4) is 0 Å². The van der Waals surface area contributed by atoms with E-state index in [1.54, 1.807) is 0 Å². The van der Waals surface area contributed by atoms with Crippen molar-refractivity contribution in [2.24, 2.45) is 0 Å². The van der Waals surface area contributed by atoms with Crippen LogP contribution in [0.2, 0.25) is 0 Å². The molecule has 1 aromatic rings. The highest BCUT2D eigenvalue weighted by Crippen LogP contribution is 2.21. The fraction of sp³-hybridized carbons (Fsp3) is 0.571. The molecular formula is C14H19BrO. The average molecular weight is 283 g/mol. The number of rotatable bonds is 3. The van der Waals surface area contributed by atoms with E-state index in [2.05, 4.69) is 40.2 Å². The first-order chi connectivity index (χ1) is 7.84. The summed E-state index contributed by atoms with van der Waals surface area (Å²) in [4.78, 5) is 0. The summed E-state index contributed by atoms with van der Waals surface area (Å²) >= 11 is 3.44. The number of hydrogen-bond donors (Lipinski definition) is 0. The third kappa shape index (κ3) is 3.91. The molecule has 0 N–H and O–H groups in total. The number of halogens is 1. The van der Waals surface area contributed by atoms with E-state index in [1.165, 1.54) is 44.1 Å². The van der Waals surface area contributed by atoms with E-state index in [4.69, 9.17) is 4.74 Å². The topological polar surface area (TPSA) is 9.23 Å². The van der Waals surface area contributed by atoms with E-state index in [-0.39, 0.29) is 0 Å². The quantitative estimate of drug-likeness (QED) is 0.731. The molecule has 0 radical (unpaired) electrons. The second-order valence-electron chi connectivity index (χ2n) is 4.55. The lowest BCUT2D eigenvalue weighted by atomic mass is 10.1. The molecule has 0 atom stereocenters. The summed E-state index contributed by atoms with van der Waals surface area (Å²) in [5.41, 5.74) is 1.27. The van der Waals surface area contributed by atoms with Crippen molar-refractivity contribution in [3.05, 3.63) is 34.3 Å². The zero-order valence-electron chi connectivity index (χ0n) is 9.62. The van der Waals surface area contributed by atoms with E-state index >= 15 is 0 Å². The summed E-state index contributed by atoms with van der Waals surface area (Å²) in [6.07, 6.45) is 8.44. The lowest BCUT2D eigenvalue weighted by molar-refractivity contribution is 0.0310. The van der Waals surface area contributed by atoms with Crippen molar-refractivity contribution in [2.45, 2.75) is 51.2 Å². The van der Waals surface area contributed by atoms with Gasteiger partial charge in [-0.1, -0.05) is 53.7 Å². The molecule has 0 bridgehead atoms. The number of benzene rings is 1. The SMILES string of the molecule is Brc1ccc(COC2CCCCCC2)cc1. The Morgan fingerprint density at radius 3 is 2.25 bits per heavy atom. The Balaban J connectivity index is 1.79. The fourth-order valence-corrected chi connectivity index (χ4v) is 2.47. The summed E-state index contributed by atoms with van der Waals surface area (Å²) in [6.45, 7) is 0.762. The third-order valence-electron chi connectivity index (χ3n) is 3.20. The molecule has 0 aromatic heterocycles. The van der Waals surface area contributed by atoms with Gasteiger partial charge in [-0.3, -0.25) is 0 Å². The predicted octanol–water partition coefficient (Wildman–Crippen LogP) is 4.69. The summed E-state index contributed by atoms with van der Waals surface area (Å²) in [5.74, 6) is 0. The fourth-order valence-electron chi connectivity index (χ4n) is 2.20. The molecule has 1 fully saturated rings. The Labute approximate surface area is 106 Å².